The van der Waals surface area contributed by atoms with Crippen molar-refractivity contribution >= 4 is 11.9 Å². The molecule has 0 spiro atoms. The lowest BCUT2D eigenvalue weighted by Crippen LogP contribution is -1.93. The van der Waals surface area contributed by atoms with E-state index in [0.29, 0.717) is 12.8 Å². The van der Waals surface area contributed by atoms with Gasteiger partial charge in [-0.15, -0.1) is 0 Å². The van der Waals surface area contributed by atoms with Crippen molar-refractivity contribution in [2.45, 2.75) is 104 Å². The maximum Gasteiger partial charge on any atom is 0.303 e. The van der Waals surface area contributed by atoms with Crippen LogP contribution in [0.25, 0.3) is 0 Å². The van der Waals surface area contributed by atoms with Gasteiger partial charge in [0.2, 0.25) is 0 Å². The normalized spacial score (nSPS) is 9.91. The molecule has 0 aromatic carbocycles. The van der Waals surface area contributed by atoms with E-state index < -0.39 is 11.9 Å². The standard InChI is InChI=1S/C10H20O2.C8H16O2/c1-2-3-4-5-6-7-8-9-10(11)12;1-2-3-4-5-6-7-8(9)10/h2-9H2,1H3,(H,11,12);2-7H2,1H3,(H,9,10). The van der Waals surface area contributed by atoms with Gasteiger partial charge in [0.1, 0.15) is 0 Å². The van der Waals surface area contributed by atoms with Gasteiger partial charge in [-0.05, 0) is 12.8 Å². The third-order valence-corrected chi connectivity index (χ3v) is 3.49. The fraction of sp³-hybridized carbons (Fsp3) is 0.889. The molecule has 0 atom stereocenters. The van der Waals surface area contributed by atoms with Crippen LogP contribution >= 0.6 is 0 Å². The fourth-order valence-electron chi connectivity index (χ4n) is 2.11. The minimum Gasteiger partial charge on any atom is -0.481 e. The zero-order valence-corrected chi connectivity index (χ0v) is 14.6. The molecule has 0 bridgehead atoms. The minimum atomic E-state index is -0.670. The van der Waals surface area contributed by atoms with E-state index in [-0.39, 0.29) is 0 Å². The van der Waals surface area contributed by atoms with Crippen molar-refractivity contribution in [2.24, 2.45) is 0 Å². The number of aliphatic carboxylic acids is 2. The summed E-state index contributed by atoms with van der Waals surface area (Å²) in [5.41, 5.74) is 0. The second-order valence-corrected chi connectivity index (χ2v) is 5.82. The Labute approximate surface area is 136 Å². The Morgan fingerprint density at radius 1 is 0.545 bits per heavy atom. The van der Waals surface area contributed by atoms with E-state index in [1.54, 1.807) is 0 Å². The second-order valence-electron chi connectivity index (χ2n) is 5.82. The summed E-state index contributed by atoms with van der Waals surface area (Å²) in [6, 6.07) is 0. The molecule has 0 fully saturated rings. The Kier molecular flexibility index (Phi) is 21.0. The predicted octanol–water partition coefficient (Wildman–Crippen LogP) is 5.64. The Morgan fingerprint density at radius 2 is 0.818 bits per heavy atom. The lowest BCUT2D eigenvalue weighted by molar-refractivity contribution is -0.138. The maximum atomic E-state index is 10.1. The summed E-state index contributed by atoms with van der Waals surface area (Å²) in [4.78, 5) is 20.2. The second kappa shape index (κ2) is 19.9. The van der Waals surface area contributed by atoms with Crippen LogP contribution in [0.3, 0.4) is 0 Å². The number of carboxylic acid groups (broad SMARTS) is 2. The van der Waals surface area contributed by atoms with E-state index in [1.165, 1.54) is 51.4 Å². The average Bonchev–Trinajstić information content (AvgIpc) is 2.46. The van der Waals surface area contributed by atoms with Crippen LogP contribution in [-0.4, -0.2) is 22.2 Å². The molecule has 0 rings (SSSR count). The SMILES string of the molecule is CCCCCCCC(=O)O.CCCCCCCCCC(=O)O. The summed E-state index contributed by atoms with van der Waals surface area (Å²) < 4.78 is 0. The van der Waals surface area contributed by atoms with E-state index in [2.05, 4.69) is 13.8 Å². The molecular weight excluding hydrogens is 280 g/mol. The van der Waals surface area contributed by atoms with Gasteiger partial charge < -0.3 is 10.2 Å². The van der Waals surface area contributed by atoms with Crippen LogP contribution < -0.4 is 0 Å². The number of rotatable bonds is 14. The number of carboxylic acids is 2. The van der Waals surface area contributed by atoms with Crippen molar-refractivity contribution in [3.8, 4) is 0 Å². The average molecular weight is 316 g/mol. The highest BCUT2D eigenvalue weighted by Crippen LogP contribution is 2.08. The molecule has 4 nitrogen and oxygen atoms in total. The Balaban J connectivity index is 0. The van der Waals surface area contributed by atoms with Crippen molar-refractivity contribution < 1.29 is 19.8 Å². The molecule has 0 amide bonds. The number of carbonyl (C=O) groups is 2. The van der Waals surface area contributed by atoms with Crippen molar-refractivity contribution in [3.63, 3.8) is 0 Å². The van der Waals surface area contributed by atoms with Crippen molar-refractivity contribution in [1.82, 2.24) is 0 Å². The van der Waals surface area contributed by atoms with Gasteiger partial charge in [-0.3, -0.25) is 9.59 Å². The topological polar surface area (TPSA) is 74.6 Å². The largest absolute Gasteiger partial charge is 0.481 e. The molecule has 0 aromatic heterocycles. The van der Waals surface area contributed by atoms with Crippen LogP contribution in [0.1, 0.15) is 104 Å². The minimum absolute atomic E-state index is 0.337. The van der Waals surface area contributed by atoms with Crippen molar-refractivity contribution in [1.29, 1.82) is 0 Å². The molecule has 2 N–H and O–H groups in total. The monoisotopic (exact) mass is 316 g/mol. The first-order chi connectivity index (χ1) is 10.5. The van der Waals surface area contributed by atoms with Crippen molar-refractivity contribution in [3.05, 3.63) is 0 Å². The van der Waals surface area contributed by atoms with E-state index in [9.17, 15) is 9.59 Å². The molecule has 0 saturated heterocycles. The number of unbranched alkanes of at least 4 members (excludes halogenated alkanes) is 10. The molecule has 0 saturated carbocycles. The zero-order chi connectivity index (χ0) is 17.1. The maximum absolute atomic E-state index is 10.1. The molecule has 0 aliphatic rings. The Morgan fingerprint density at radius 3 is 1.09 bits per heavy atom. The van der Waals surface area contributed by atoms with Crippen LogP contribution in [0.5, 0.6) is 0 Å². The Hall–Kier alpha value is -1.06. The summed E-state index contributed by atoms with van der Waals surface area (Å²) in [5, 5.41) is 16.6. The molecule has 4 heteroatoms. The number of hydrogen-bond acceptors (Lipinski definition) is 2. The highest BCUT2D eigenvalue weighted by molar-refractivity contribution is 5.66. The fourth-order valence-corrected chi connectivity index (χ4v) is 2.11. The summed E-state index contributed by atoms with van der Waals surface area (Å²) in [7, 11) is 0. The van der Waals surface area contributed by atoms with Gasteiger partial charge >= 0.3 is 11.9 Å². The Bertz CT molecular complexity index is 251. The van der Waals surface area contributed by atoms with Gasteiger partial charge in [-0.25, -0.2) is 0 Å². The van der Waals surface area contributed by atoms with Gasteiger partial charge in [0, 0.05) is 12.8 Å². The highest BCUT2D eigenvalue weighted by atomic mass is 16.4. The molecule has 132 valence electrons. The van der Waals surface area contributed by atoms with Crippen LogP contribution in [0.2, 0.25) is 0 Å². The summed E-state index contributed by atoms with van der Waals surface area (Å²) in [6.45, 7) is 4.35. The summed E-state index contributed by atoms with van der Waals surface area (Å²) in [6.07, 6.45) is 14.5. The highest BCUT2D eigenvalue weighted by Gasteiger charge is 1.96. The lowest BCUT2D eigenvalue weighted by Gasteiger charge is -1.98. The van der Waals surface area contributed by atoms with Gasteiger partial charge in [0.05, 0.1) is 0 Å². The molecule has 0 unspecified atom stereocenters. The quantitative estimate of drug-likeness (QED) is 0.406. The molecular formula is C18H36O4. The first-order valence-corrected chi connectivity index (χ1v) is 8.98. The molecule has 0 aliphatic carbocycles. The van der Waals surface area contributed by atoms with Gasteiger partial charge in [0.15, 0.2) is 0 Å². The van der Waals surface area contributed by atoms with Crippen LogP contribution in [-0.2, 0) is 9.59 Å². The zero-order valence-electron chi connectivity index (χ0n) is 14.6. The van der Waals surface area contributed by atoms with E-state index in [1.807, 2.05) is 0 Å². The van der Waals surface area contributed by atoms with Crippen LogP contribution in [0, 0.1) is 0 Å². The lowest BCUT2D eigenvalue weighted by atomic mass is 10.1. The number of hydrogen-bond donors (Lipinski definition) is 2. The first kappa shape index (κ1) is 23.2. The molecule has 0 aliphatic heterocycles. The summed E-state index contributed by atoms with van der Waals surface area (Å²) in [5.74, 6) is -1.33. The van der Waals surface area contributed by atoms with Crippen LogP contribution in [0.15, 0.2) is 0 Å². The molecule has 22 heavy (non-hydrogen) atoms. The molecule has 0 radical (unpaired) electrons. The van der Waals surface area contributed by atoms with Crippen molar-refractivity contribution in [2.75, 3.05) is 0 Å². The smallest absolute Gasteiger partial charge is 0.303 e. The van der Waals surface area contributed by atoms with E-state index >= 15 is 0 Å². The third-order valence-electron chi connectivity index (χ3n) is 3.49. The predicted molar refractivity (Wildman–Crippen MR) is 91.3 cm³/mol. The third kappa shape index (κ3) is 27.3. The summed E-state index contributed by atoms with van der Waals surface area (Å²) >= 11 is 0. The van der Waals surface area contributed by atoms with Crippen LogP contribution in [0.4, 0.5) is 0 Å². The molecule has 0 heterocycles. The molecule has 0 aromatic rings. The van der Waals surface area contributed by atoms with Gasteiger partial charge in [0.25, 0.3) is 0 Å². The first-order valence-electron chi connectivity index (χ1n) is 8.98. The van der Waals surface area contributed by atoms with Gasteiger partial charge in [-0.1, -0.05) is 78.1 Å². The van der Waals surface area contributed by atoms with E-state index in [0.717, 1.165) is 25.7 Å². The van der Waals surface area contributed by atoms with E-state index in [4.69, 9.17) is 10.2 Å². The van der Waals surface area contributed by atoms with Gasteiger partial charge in [-0.2, -0.15) is 0 Å².